The van der Waals surface area contributed by atoms with Crippen LogP contribution < -0.4 is 0 Å². The minimum atomic E-state index is -3.25. The van der Waals surface area contributed by atoms with Crippen LogP contribution in [0.25, 0.3) is 23.3 Å². The van der Waals surface area contributed by atoms with Gasteiger partial charge in [-0.3, -0.25) is 0 Å². The largest absolute Gasteiger partial charge is 0.249 e. The highest BCUT2D eigenvalue weighted by atomic mass is 32.2. The molecule has 4 aromatic rings. The Balaban J connectivity index is 1.42. The number of rotatable bonds is 9. The molecule has 0 bridgehead atoms. The second-order valence-electron chi connectivity index (χ2n) is 8.80. The second-order valence-corrected chi connectivity index (χ2v) is 12.8. The molecule has 4 rings (SSSR count). The lowest BCUT2D eigenvalue weighted by molar-refractivity contribution is 0.328. The van der Waals surface area contributed by atoms with Gasteiger partial charge in [0.15, 0.2) is 19.7 Å². The Kier molecular flexibility index (Phi) is 7.70. The molecule has 37 heavy (non-hydrogen) atoms. The number of aromatic nitrogens is 3. The van der Waals surface area contributed by atoms with E-state index in [1.807, 2.05) is 24.3 Å². The molecule has 10 heteroatoms. The third-order valence-electron chi connectivity index (χ3n) is 5.88. The number of benzene rings is 3. The minimum Gasteiger partial charge on any atom is -0.249 e. The Hall–Kier alpha value is -3.63. The Bertz CT molecular complexity index is 1610. The molecule has 1 aromatic heterocycles. The normalized spacial score (nSPS) is 13.2. The van der Waals surface area contributed by atoms with Crippen LogP contribution >= 0.6 is 0 Å². The van der Waals surface area contributed by atoms with E-state index < -0.39 is 32.4 Å². The van der Waals surface area contributed by atoms with Gasteiger partial charge in [0.2, 0.25) is 0 Å². The van der Waals surface area contributed by atoms with Crippen molar-refractivity contribution < 1.29 is 21.2 Å². The monoisotopic (exact) mass is 539 g/mol. The van der Waals surface area contributed by atoms with Crippen molar-refractivity contribution in [1.29, 1.82) is 0 Å². The van der Waals surface area contributed by atoms with Gasteiger partial charge >= 0.3 is 0 Å². The summed E-state index contributed by atoms with van der Waals surface area (Å²) in [5.74, 6) is 0. The average molecular weight is 540 g/mol. The first-order valence-corrected chi connectivity index (χ1v) is 15.2. The molecule has 0 aliphatic carbocycles. The molecule has 0 saturated carbocycles. The first-order chi connectivity index (χ1) is 17.5. The third-order valence-corrected chi connectivity index (χ3v) is 8.13. The molecule has 0 amide bonds. The van der Waals surface area contributed by atoms with Crippen molar-refractivity contribution in [2.24, 2.45) is 0 Å². The van der Waals surface area contributed by atoms with E-state index in [0.29, 0.717) is 12.1 Å². The molecule has 0 spiro atoms. The van der Waals surface area contributed by atoms with Crippen molar-refractivity contribution in [2.45, 2.75) is 22.3 Å². The molecular weight excluding hydrogens is 513 g/mol. The maximum absolute atomic E-state index is 13.9. The van der Waals surface area contributed by atoms with Gasteiger partial charge in [-0.05, 0) is 59.0 Å². The lowest BCUT2D eigenvalue weighted by atomic mass is 10.0. The van der Waals surface area contributed by atoms with E-state index >= 15 is 0 Å². The van der Waals surface area contributed by atoms with Gasteiger partial charge in [0.05, 0.1) is 22.0 Å². The van der Waals surface area contributed by atoms with Gasteiger partial charge < -0.3 is 0 Å². The van der Waals surface area contributed by atoms with Crippen molar-refractivity contribution in [3.63, 3.8) is 0 Å². The zero-order valence-electron chi connectivity index (χ0n) is 20.3. The summed E-state index contributed by atoms with van der Waals surface area (Å²) in [5.41, 5.74) is 4.10. The average Bonchev–Trinajstić information content (AvgIpc) is 3.34. The van der Waals surface area contributed by atoms with Crippen LogP contribution in [0.5, 0.6) is 0 Å². The van der Waals surface area contributed by atoms with E-state index in [0.717, 1.165) is 28.5 Å². The highest BCUT2D eigenvalue weighted by Crippen LogP contribution is 2.24. The number of halogens is 1. The molecule has 0 aliphatic rings. The summed E-state index contributed by atoms with van der Waals surface area (Å²) in [7, 11) is -6.50. The molecule has 0 saturated heterocycles. The molecule has 192 valence electrons. The van der Waals surface area contributed by atoms with E-state index in [-0.39, 0.29) is 9.79 Å². The van der Waals surface area contributed by atoms with Crippen molar-refractivity contribution in [3.05, 3.63) is 95.8 Å². The maximum Gasteiger partial charge on any atom is 0.175 e. The van der Waals surface area contributed by atoms with Crippen LogP contribution in [-0.2, 0) is 26.1 Å². The van der Waals surface area contributed by atoms with E-state index in [9.17, 15) is 21.2 Å². The number of alkyl halides is 1. The molecule has 1 unspecified atom stereocenters. The SMILES string of the molecule is CS(=O)(=O)c1ccc(C=Cc2cn(C(CF)Cc3ccc(-c4ccc(S(C)(=O)=O)cc4)cc3)nn2)cc1. The smallest absolute Gasteiger partial charge is 0.175 e. The van der Waals surface area contributed by atoms with Crippen molar-refractivity contribution in [2.75, 3.05) is 19.2 Å². The predicted octanol–water partition coefficient (Wildman–Crippen LogP) is 4.68. The molecule has 0 aliphatic heterocycles. The van der Waals surface area contributed by atoms with Crippen molar-refractivity contribution >= 4 is 31.8 Å². The van der Waals surface area contributed by atoms with Gasteiger partial charge in [-0.2, -0.15) is 0 Å². The third kappa shape index (κ3) is 6.78. The van der Waals surface area contributed by atoms with Gasteiger partial charge in [-0.25, -0.2) is 25.9 Å². The van der Waals surface area contributed by atoms with Crippen LogP contribution in [0.3, 0.4) is 0 Å². The summed E-state index contributed by atoms with van der Waals surface area (Å²) in [6.45, 7) is -0.617. The standard InChI is InChI=1S/C27H26FN3O4S2/c1-36(32,33)26-13-6-20(7-14-26)5-12-24-19-31(30-29-24)25(18-28)17-21-3-8-22(9-4-21)23-10-15-27(16-11-23)37(2,34)35/h3-16,19,25H,17-18H2,1-2H3. The quantitative estimate of drug-likeness (QED) is 0.306. The van der Waals surface area contributed by atoms with E-state index in [1.165, 1.54) is 10.9 Å². The highest BCUT2D eigenvalue weighted by molar-refractivity contribution is 7.91. The summed E-state index contributed by atoms with van der Waals surface area (Å²) in [4.78, 5) is 0.518. The topological polar surface area (TPSA) is 99.0 Å². The van der Waals surface area contributed by atoms with Gasteiger partial charge in [-0.15, -0.1) is 5.10 Å². The maximum atomic E-state index is 13.9. The van der Waals surface area contributed by atoms with Crippen LogP contribution in [-0.4, -0.2) is 51.0 Å². The predicted molar refractivity (Wildman–Crippen MR) is 142 cm³/mol. The molecule has 0 N–H and O–H groups in total. The molecular formula is C27H26FN3O4S2. The van der Waals surface area contributed by atoms with E-state index in [2.05, 4.69) is 10.3 Å². The zero-order valence-corrected chi connectivity index (χ0v) is 22.0. The Labute approximate surface area is 216 Å². The lowest BCUT2D eigenvalue weighted by Crippen LogP contribution is -2.14. The van der Waals surface area contributed by atoms with Crippen molar-refractivity contribution in [1.82, 2.24) is 15.0 Å². The van der Waals surface area contributed by atoms with E-state index in [4.69, 9.17) is 0 Å². The van der Waals surface area contributed by atoms with Gasteiger partial charge in [0, 0.05) is 12.5 Å². The van der Waals surface area contributed by atoms with Crippen LogP contribution in [0.4, 0.5) is 4.39 Å². The van der Waals surface area contributed by atoms with Crippen LogP contribution in [0, 0.1) is 0 Å². The number of nitrogens with zero attached hydrogens (tertiary/aromatic N) is 3. The fourth-order valence-corrected chi connectivity index (χ4v) is 5.03. The van der Waals surface area contributed by atoms with Crippen molar-refractivity contribution in [3.8, 4) is 11.1 Å². The second kappa shape index (κ2) is 10.8. The molecule has 1 heterocycles. The summed E-state index contributed by atoms with van der Waals surface area (Å²) in [6, 6.07) is 20.3. The molecule has 0 fully saturated rings. The van der Waals surface area contributed by atoms with Gasteiger partial charge in [-0.1, -0.05) is 59.8 Å². The first-order valence-electron chi connectivity index (χ1n) is 11.4. The number of sulfone groups is 2. The molecule has 7 nitrogen and oxygen atoms in total. The minimum absolute atomic E-state index is 0.249. The van der Waals surface area contributed by atoms with Crippen LogP contribution in [0.1, 0.15) is 22.9 Å². The Morgan fingerprint density at radius 1 is 0.784 bits per heavy atom. The summed E-state index contributed by atoms with van der Waals surface area (Å²) in [5, 5.41) is 8.18. The summed E-state index contributed by atoms with van der Waals surface area (Å²) >= 11 is 0. The van der Waals surface area contributed by atoms with Crippen LogP contribution in [0.2, 0.25) is 0 Å². The zero-order chi connectivity index (χ0) is 26.6. The summed E-state index contributed by atoms with van der Waals surface area (Å²) in [6.07, 6.45) is 7.94. The fraction of sp³-hybridized carbons (Fsp3) is 0.185. The molecule has 1 atom stereocenters. The first kappa shape index (κ1) is 26.4. The number of hydrogen-bond acceptors (Lipinski definition) is 6. The molecule has 3 aromatic carbocycles. The fourth-order valence-electron chi connectivity index (χ4n) is 3.77. The Morgan fingerprint density at radius 2 is 1.30 bits per heavy atom. The number of hydrogen-bond donors (Lipinski definition) is 0. The van der Waals surface area contributed by atoms with E-state index in [1.54, 1.807) is 66.9 Å². The lowest BCUT2D eigenvalue weighted by Gasteiger charge is -2.13. The molecule has 0 radical (unpaired) electrons. The van der Waals surface area contributed by atoms with Gasteiger partial charge in [0.1, 0.15) is 12.4 Å². The van der Waals surface area contributed by atoms with Gasteiger partial charge in [0.25, 0.3) is 0 Å². The summed E-state index contributed by atoms with van der Waals surface area (Å²) < 4.78 is 61.9. The van der Waals surface area contributed by atoms with Crippen LogP contribution in [0.15, 0.2) is 88.8 Å². The Morgan fingerprint density at radius 3 is 1.81 bits per heavy atom. The highest BCUT2D eigenvalue weighted by Gasteiger charge is 2.14.